The zero-order chi connectivity index (χ0) is 14.7. The van der Waals surface area contributed by atoms with Gasteiger partial charge in [0.15, 0.2) is 9.84 Å². The summed E-state index contributed by atoms with van der Waals surface area (Å²) in [7, 11) is -1.96. The van der Waals surface area contributed by atoms with Crippen molar-refractivity contribution < 1.29 is 17.9 Å². The summed E-state index contributed by atoms with van der Waals surface area (Å²) >= 11 is 0. The standard InChI is InChI=1S/C13H19NO4S/c1-5-19(16,17)11-9-7-6-8-10(11)14-12(15)13(2,3)18-4/h6-9H,5H2,1-4H3,(H,14,15). The molecule has 0 saturated carbocycles. The molecule has 1 aromatic rings. The summed E-state index contributed by atoms with van der Waals surface area (Å²) in [4.78, 5) is 12.1. The summed E-state index contributed by atoms with van der Waals surface area (Å²) in [6, 6.07) is 6.34. The van der Waals surface area contributed by atoms with E-state index in [9.17, 15) is 13.2 Å². The second-order valence-electron chi connectivity index (χ2n) is 4.57. The van der Waals surface area contributed by atoms with Gasteiger partial charge in [-0.3, -0.25) is 4.79 Å². The van der Waals surface area contributed by atoms with Crippen LogP contribution < -0.4 is 5.32 Å². The fraction of sp³-hybridized carbons (Fsp3) is 0.462. The Balaban J connectivity index is 3.14. The number of benzene rings is 1. The van der Waals surface area contributed by atoms with Crippen LogP contribution in [0.2, 0.25) is 0 Å². The summed E-state index contributed by atoms with van der Waals surface area (Å²) in [6.45, 7) is 4.78. The first-order valence-electron chi connectivity index (χ1n) is 5.93. The van der Waals surface area contributed by atoms with Crippen molar-refractivity contribution in [3.63, 3.8) is 0 Å². The van der Waals surface area contributed by atoms with Gasteiger partial charge in [-0.1, -0.05) is 19.1 Å². The van der Waals surface area contributed by atoms with Gasteiger partial charge in [-0.25, -0.2) is 8.42 Å². The fourth-order valence-electron chi connectivity index (χ4n) is 1.36. The average molecular weight is 285 g/mol. The van der Waals surface area contributed by atoms with Crippen LogP contribution in [-0.4, -0.2) is 32.8 Å². The normalized spacial score (nSPS) is 12.2. The molecule has 0 aliphatic rings. The highest BCUT2D eigenvalue weighted by Crippen LogP contribution is 2.23. The third kappa shape index (κ3) is 3.54. The monoisotopic (exact) mass is 285 g/mol. The molecule has 1 amide bonds. The van der Waals surface area contributed by atoms with Crippen LogP contribution in [0.25, 0.3) is 0 Å². The highest BCUT2D eigenvalue weighted by Gasteiger charge is 2.28. The Kier molecular flexibility index (Phi) is 4.70. The van der Waals surface area contributed by atoms with Crippen LogP contribution in [0.1, 0.15) is 20.8 Å². The largest absolute Gasteiger partial charge is 0.369 e. The molecule has 0 fully saturated rings. The molecule has 1 rings (SSSR count). The van der Waals surface area contributed by atoms with E-state index in [0.717, 1.165) is 0 Å². The highest BCUT2D eigenvalue weighted by atomic mass is 32.2. The Morgan fingerprint density at radius 3 is 2.42 bits per heavy atom. The van der Waals surface area contributed by atoms with E-state index in [1.807, 2.05) is 0 Å². The lowest BCUT2D eigenvalue weighted by molar-refractivity contribution is -0.133. The molecule has 5 nitrogen and oxygen atoms in total. The van der Waals surface area contributed by atoms with E-state index >= 15 is 0 Å². The van der Waals surface area contributed by atoms with E-state index < -0.39 is 21.3 Å². The predicted octanol–water partition coefficient (Wildman–Crippen LogP) is 1.84. The second-order valence-corrected chi connectivity index (χ2v) is 6.81. The summed E-state index contributed by atoms with van der Waals surface area (Å²) in [5.41, 5.74) is -0.747. The molecule has 0 aliphatic heterocycles. The first kappa shape index (κ1) is 15.7. The summed E-state index contributed by atoms with van der Waals surface area (Å²) in [5, 5.41) is 2.60. The van der Waals surface area contributed by atoms with Gasteiger partial charge in [0, 0.05) is 7.11 Å². The highest BCUT2D eigenvalue weighted by molar-refractivity contribution is 7.91. The van der Waals surface area contributed by atoms with Crippen molar-refractivity contribution in [2.24, 2.45) is 0 Å². The molecule has 0 spiro atoms. The van der Waals surface area contributed by atoms with E-state index in [2.05, 4.69) is 5.32 Å². The molecule has 0 aromatic heterocycles. The Morgan fingerprint density at radius 2 is 1.89 bits per heavy atom. The van der Waals surface area contributed by atoms with Crippen molar-refractivity contribution in [1.82, 2.24) is 0 Å². The molecular formula is C13H19NO4S. The first-order chi connectivity index (χ1) is 8.74. The number of hydrogen-bond acceptors (Lipinski definition) is 4. The molecule has 0 aliphatic carbocycles. The Morgan fingerprint density at radius 1 is 1.32 bits per heavy atom. The Hall–Kier alpha value is -1.40. The maximum atomic E-state index is 12.0. The fourth-order valence-corrected chi connectivity index (χ4v) is 2.41. The molecule has 0 unspecified atom stereocenters. The van der Waals surface area contributed by atoms with Crippen molar-refractivity contribution in [3.05, 3.63) is 24.3 Å². The third-order valence-electron chi connectivity index (χ3n) is 2.91. The van der Waals surface area contributed by atoms with Gasteiger partial charge in [-0.15, -0.1) is 0 Å². The van der Waals surface area contributed by atoms with Crippen LogP contribution in [0, 0.1) is 0 Å². The van der Waals surface area contributed by atoms with Crippen LogP contribution in [-0.2, 0) is 19.4 Å². The van der Waals surface area contributed by atoms with Crippen molar-refractivity contribution in [1.29, 1.82) is 0 Å². The smallest absolute Gasteiger partial charge is 0.256 e. The molecule has 19 heavy (non-hydrogen) atoms. The number of amides is 1. The number of anilines is 1. The van der Waals surface area contributed by atoms with Crippen LogP contribution in [0.3, 0.4) is 0 Å². The predicted molar refractivity (Wildman–Crippen MR) is 73.9 cm³/mol. The van der Waals surface area contributed by atoms with Crippen LogP contribution in [0.15, 0.2) is 29.2 Å². The second kappa shape index (κ2) is 5.71. The molecule has 0 atom stereocenters. The van der Waals surface area contributed by atoms with Gasteiger partial charge in [0.05, 0.1) is 16.3 Å². The van der Waals surface area contributed by atoms with Gasteiger partial charge in [0.25, 0.3) is 5.91 Å². The van der Waals surface area contributed by atoms with E-state index in [4.69, 9.17) is 4.74 Å². The van der Waals surface area contributed by atoms with Crippen LogP contribution in [0.5, 0.6) is 0 Å². The van der Waals surface area contributed by atoms with Crippen LogP contribution >= 0.6 is 0 Å². The molecule has 6 heteroatoms. The minimum atomic E-state index is -3.38. The van der Waals surface area contributed by atoms with Gasteiger partial charge in [0.1, 0.15) is 5.60 Å². The maximum Gasteiger partial charge on any atom is 0.256 e. The van der Waals surface area contributed by atoms with E-state index in [1.54, 1.807) is 39.0 Å². The summed E-state index contributed by atoms with van der Waals surface area (Å²) in [5.74, 6) is -0.415. The summed E-state index contributed by atoms with van der Waals surface area (Å²) in [6.07, 6.45) is 0. The average Bonchev–Trinajstić information content (AvgIpc) is 2.39. The first-order valence-corrected chi connectivity index (χ1v) is 7.58. The third-order valence-corrected chi connectivity index (χ3v) is 4.69. The number of carbonyl (C=O) groups excluding carboxylic acids is 1. The zero-order valence-corrected chi connectivity index (χ0v) is 12.4. The van der Waals surface area contributed by atoms with Crippen LogP contribution in [0.4, 0.5) is 5.69 Å². The Labute approximate surface area is 113 Å². The van der Waals surface area contributed by atoms with Gasteiger partial charge in [-0.05, 0) is 26.0 Å². The SMILES string of the molecule is CCS(=O)(=O)c1ccccc1NC(=O)C(C)(C)OC. The lowest BCUT2D eigenvalue weighted by atomic mass is 10.1. The number of nitrogens with one attached hydrogen (secondary N) is 1. The van der Waals surface area contributed by atoms with Crippen molar-refractivity contribution in [3.8, 4) is 0 Å². The number of para-hydroxylation sites is 1. The van der Waals surface area contributed by atoms with Crippen molar-refractivity contribution in [2.75, 3.05) is 18.2 Å². The number of hydrogen-bond donors (Lipinski definition) is 1. The van der Waals surface area contributed by atoms with Gasteiger partial charge in [-0.2, -0.15) is 0 Å². The minimum absolute atomic E-state index is 0.0203. The lowest BCUT2D eigenvalue weighted by Gasteiger charge is -2.22. The molecule has 1 aromatic carbocycles. The molecule has 0 heterocycles. The van der Waals surface area contributed by atoms with Gasteiger partial charge < -0.3 is 10.1 Å². The van der Waals surface area contributed by atoms with E-state index in [0.29, 0.717) is 0 Å². The quantitative estimate of drug-likeness (QED) is 0.896. The van der Waals surface area contributed by atoms with E-state index in [-0.39, 0.29) is 16.3 Å². The van der Waals surface area contributed by atoms with Gasteiger partial charge in [0.2, 0.25) is 0 Å². The zero-order valence-electron chi connectivity index (χ0n) is 11.6. The molecule has 0 saturated heterocycles. The number of carbonyl (C=O) groups is 1. The Bertz CT molecular complexity index is 564. The van der Waals surface area contributed by atoms with Gasteiger partial charge >= 0.3 is 0 Å². The summed E-state index contributed by atoms with van der Waals surface area (Å²) < 4.78 is 28.9. The minimum Gasteiger partial charge on any atom is -0.369 e. The lowest BCUT2D eigenvalue weighted by Crippen LogP contribution is -2.39. The number of rotatable bonds is 5. The number of ether oxygens (including phenoxy) is 1. The molecule has 0 radical (unpaired) electrons. The van der Waals surface area contributed by atoms with E-state index in [1.165, 1.54) is 13.2 Å². The number of methoxy groups -OCH3 is 1. The maximum absolute atomic E-state index is 12.0. The molecular weight excluding hydrogens is 266 g/mol. The molecule has 1 N–H and O–H groups in total. The topological polar surface area (TPSA) is 72.5 Å². The molecule has 0 bridgehead atoms. The van der Waals surface area contributed by atoms with Crippen molar-refractivity contribution in [2.45, 2.75) is 31.3 Å². The molecule has 106 valence electrons. The van der Waals surface area contributed by atoms with Crippen molar-refractivity contribution >= 4 is 21.4 Å². The number of sulfone groups is 1.